The van der Waals surface area contributed by atoms with E-state index < -0.39 is 6.09 Å². The summed E-state index contributed by atoms with van der Waals surface area (Å²) in [6.07, 6.45) is 2.80. The van der Waals surface area contributed by atoms with Gasteiger partial charge in [-0.25, -0.2) is 4.79 Å². The second kappa shape index (κ2) is 12.1. The van der Waals surface area contributed by atoms with Crippen molar-refractivity contribution in [1.29, 1.82) is 0 Å². The molecule has 3 aromatic rings. The largest absolute Gasteiger partial charge is 0.426 e. The van der Waals surface area contributed by atoms with E-state index in [0.29, 0.717) is 17.8 Å². The van der Waals surface area contributed by atoms with Crippen LogP contribution in [0.3, 0.4) is 0 Å². The topological polar surface area (TPSA) is 110 Å². The summed E-state index contributed by atoms with van der Waals surface area (Å²) in [7, 11) is 4.25. The molecule has 0 spiro atoms. The fourth-order valence-corrected chi connectivity index (χ4v) is 6.00. The third-order valence-electron chi connectivity index (χ3n) is 6.96. The van der Waals surface area contributed by atoms with E-state index in [2.05, 4.69) is 78.1 Å². The van der Waals surface area contributed by atoms with Gasteiger partial charge in [0.05, 0.1) is 0 Å². The van der Waals surface area contributed by atoms with Gasteiger partial charge in [0.2, 0.25) is 11.7 Å². The number of hydrogen-bond acceptors (Lipinski definition) is 8. The van der Waals surface area contributed by atoms with Crippen molar-refractivity contribution < 1.29 is 18.8 Å². The predicted molar refractivity (Wildman–Crippen MR) is 147 cm³/mol. The number of nitrogens with zero attached hydrogens (tertiary/aromatic N) is 3. The highest BCUT2D eigenvalue weighted by molar-refractivity contribution is 7.10. The number of hydrogen-bond donors (Lipinski definition) is 2. The maximum Gasteiger partial charge on any atom is 0.426 e. The van der Waals surface area contributed by atoms with Gasteiger partial charge in [-0.1, -0.05) is 56.3 Å². The molecule has 4 rings (SSSR count). The summed E-state index contributed by atoms with van der Waals surface area (Å²) in [5.41, 5.74) is 1.97. The van der Waals surface area contributed by atoms with Gasteiger partial charge in [-0.3, -0.25) is 9.32 Å². The highest BCUT2D eigenvalue weighted by Gasteiger charge is 2.31. The van der Waals surface area contributed by atoms with Crippen LogP contribution in [-0.4, -0.2) is 53.7 Å². The lowest BCUT2D eigenvalue weighted by Gasteiger charge is -2.37. The van der Waals surface area contributed by atoms with E-state index in [0.717, 1.165) is 31.2 Å². The molecular formula is C28H37N5O4S. The Morgan fingerprint density at radius 3 is 2.45 bits per heavy atom. The molecule has 1 fully saturated rings. The van der Waals surface area contributed by atoms with E-state index in [1.165, 1.54) is 10.4 Å². The quantitative estimate of drug-likeness (QED) is 0.407. The molecule has 0 aliphatic heterocycles. The van der Waals surface area contributed by atoms with Gasteiger partial charge in [-0.05, 0) is 68.1 Å². The Morgan fingerprint density at radius 1 is 1.13 bits per heavy atom. The maximum absolute atomic E-state index is 12.4. The van der Waals surface area contributed by atoms with E-state index in [1.807, 2.05) is 24.3 Å². The van der Waals surface area contributed by atoms with Gasteiger partial charge in [-0.15, -0.1) is 11.3 Å². The Balaban J connectivity index is 1.19. The van der Waals surface area contributed by atoms with Crippen molar-refractivity contribution >= 4 is 23.3 Å². The Morgan fingerprint density at radius 2 is 1.84 bits per heavy atom. The molecule has 1 saturated carbocycles. The lowest BCUT2D eigenvalue weighted by atomic mass is 9.80. The van der Waals surface area contributed by atoms with Gasteiger partial charge in [0.25, 0.3) is 0 Å². The van der Waals surface area contributed by atoms with Crippen LogP contribution in [0.5, 0.6) is 6.08 Å². The minimum atomic E-state index is -0.827. The molecule has 2 aromatic heterocycles. The number of ether oxygens (including phenoxy) is 1. The molecule has 10 heteroatoms. The van der Waals surface area contributed by atoms with Gasteiger partial charge in [0.15, 0.2) is 0 Å². The molecule has 38 heavy (non-hydrogen) atoms. The fraction of sp³-hybridized carbons (Fsp3) is 0.500. The third-order valence-corrected chi connectivity index (χ3v) is 7.91. The lowest BCUT2D eigenvalue weighted by molar-refractivity contribution is -0.121. The number of thiophene rings is 1. The average molecular weight is 540 g/mol. The first kappa shape index (κ1) is 27.8. The molecular weight excluding hydrogens is 502 g/mol. The van der Waals surface area contributed by atoms with Gasteiger partial charge >= 0.3 is 12.2 Å². The van der Waals surface area contributed by atoms with Crippen molar-refractivity contribution in [3.8, 4) is 17.5 Å². The van der Waals surface area contributed by atoms with Gasteiger partial charge < -0.3 is 20.3 Å². The van der Waals surface area contributed by atoms with Crippen molar-refractivity contribution in [2.24, 2.45) is 5.92 Å². The summed E-state index contributed by atoms with van der Waals surface area (Å²) >= 11 is 1.80. The van der Waals surface area contributed by atoms with Crippen molar-refractivity contribution in [3.05, 3.63) is 52.2 Å². The first-order valence-corrected chi connectivity index (χ1v) is 13.9. The van der Waals surface area contributed by atoms with E-state index >= 15 is 0 Å². The zero-order chi connectivity index (χ0) is 27.3. The minimum absolute atomic E-state index is 0.0349. The van der Waals surface area contributed by atoms with Gasteiger partial charge in [0.1, 0.15) is 6.54 Å². The van der Waals surface area contributed by atoms with E-state index in [-0.39, 0.29) is 30.0 Å². The van der Waals surface area contributed by atoms with Crippen LogP contribution in [0.4, 0.5) is 4.79 Å². The molecule has 2 heterocycles. The SMILES string of the molecule is CN(C)C(c1cccs1)C1CCC(NC(=O)CNC(=O)Oc2nc(-c3ccc(C(C)(C)C)cc3)no2)CC1. The van der Waals surface area contributed by atoms with Gasteiger partial charge in [0, 0.05) is 22.5 Å². The zero-order valence-corrected chi connectivity index (χ0v) is 23.5. The summed E-state index contributed by atoms with van der Waals surface area (Å²) in [4.78, 5) is 32.4. The number of nitrogens with one attached hydrogen (secondary N) is 2. The summed E-state index contributed by atoms with van der Waals surface area (Å²) in [5, 5.41) is 11.5. The van der Waals surface area contributed by atoms with E-state index in [4.69, 9.17) is 9.26 Å². The number of carbonyl (C=O) groups excluding carboxylic acids is 2. The maximum atomic E-state index is 12.4. The van der Waals surface area contributed by atoms with Crippen molar-refractivity contribution in [2.45, 2.75) is 64.0 Å². The van der Waals surface area contributed by atoms with Crippen LogP contribution in [0, 0.1) is 5.92 Å². The van der Waals surface area contributed by atoms with Crippen LogP contribution in [0.25, 0.3) is 11.4 Å². The van der Waals surface area contributed by atoms with Crippen LogP contribution in [0.2, 0.25) is 0 Å². The number of rotatable bonds is 8. The van der Waals surface area contributed by atoms with Crippen LogP contribution < -0.4 is 15.4 Å². The smallest absolute Gasteiger partial charge is 0.359 e. The second-order valence-electron chi connectivity index (χ2n) is 11.1. The normalized spacial score (nSPS) is 18.7. The molecule has 2 N–H and O–H groups in total. The second-order valence-corrected chi connectivity index (χ2v) is 12.0. The molecule has 0 saturated heterocycles. The number of aromatic nitrogens is 2. The van der Waals surface area contributed by atoms with Crippen molar-refractivity contribution in [3.63, 3.8) is 0 Å². The molecule has 204 valence electrons. The molecule has 1 atom stereocenters. The molecule has 1 aliphatic rings. The number of carbonyl (C=O) groups is 2. The van der Waals surface area contributed by atoms with Crippen LogP contribution in [0.1, 0.15) is 62.9 Å². The Hall–Kier alpha value is -3.24. The third kappa shape index (κ3) is 7.20. The van der Waals surface area contributed by atoms with Crippen molar-refractivity contribution in [2.75, 3.05) is 20.6 Å². The number of benzene rings is 1. The van der Waals surface area contributed by atoms with Crippen LogP contribution >= 0.6 is 11.3 Å². The Labute approximate surface area is 228 Å². The molecule has 0 radical (unpaired) electrons. The standard InChI is InChI=1S/C28H37N5O4S/c1-28(2,3)20-12-8-19(9-13-20)25-31-27(37-32-25)36-26(35)29-17-23(34)30-21-14-10-18(11-15-21)24(33(4)5)22-7-6-16-38-22/h6-9,12-13,16,18,21,24H,10-11,14-15,17H2,1-5H3,(H,29,35)(H,30,34). The molecule has 2 amide bonds. The summed E-state index contributed by atoms with van der Waals surface area (Å²) in [5.74, 6) is 0.621. The van der Waals surface area contributed by atoms with E-state index in [9.17, 15) is 9.59 Å². The summed E-state index contributed by atoms with van der Waals surface area (Å²) in [6.45, 7) is 6.22. The first-order chi connectivity index (χ1) is 18.1. The lowest BCUT2D eigenvalue weighted by Crippen LogP contribution is -2.44. The Kier molecular flexibility index (Phi) is 8.83. The van der Waals surface area contributed by atoms with Crippen molar-refractivity contribution in [1.82, 2.24) is 25.7 Å². The number of amides is 2. The predicted octanol–water partition coefficient (Wildman–Crippen LogP) is 5.16. The molecule has 1 unspecified atom stereocenters. The molecule has 9 nitrogen and oxygen atoms in total. The van der Waals surface area contributed by atoms with E-state index in [1.54, 1.807) is 11.3 Å². The summed E-state index contributed by atoms with van der Waals surface area (Å²) in [6, 6.07) is 12.6. The summed E-state index contributed by atoms with van der Waals surface area (Å²) < 4.78 is 10.1. The van der Waals surface area contributed by atoms with Gasteiger partial charge in [-0.2, -0.15) is 4.98 Å². The average Bonchev–Trinajstić information content (AvgIpc) is 3.56. The molecule has 1 aromatic carbocycles. The highest BCUT2D eigenvalue weighted by Crippen LogP contribution is 2.39. The molecule has 1 aliphatic carbocycles. The monoisotopic (exact) mass is 539 g/mol. The van der Waals surface area contributed by atoms with Crippen LogP contribution in [0.15, 0.2) is 46.3 Å². The first-order valence-electron chi connectivity index (χ1n) is 13.0. The highest BCUT2D eigenvalue weighted by atomic mass is 32.1. The zero-order valence-electron chi connectivity index (χ0n) is 22.7. The Bertz CT molecular complexity index is 1190. The molecule has 0 bridgehead atoms. The fourth-order valence-electron chi connectivity index (χ4n) is 4.98. The minimum Gasteiger partial charge on any atom is -0.359 e. The van der Waals surface area contributed by atoms with Crippen LogP contribution in [-0.2, 0) is 10.2 Å².